The predicted octanol–water partition coefficient (Wildman–Crippen LogP) is 1.47. The van der Waals surface area contributed by atoms with Crippen LogP contribution in [0, 0.1) is 5.92 Å². The number of benzene rings is 1. The Balaban J connectivity index is 2.24. The van der Waals surface area contributed by atoms with Crippen LogP contribution in [0.5, 0.6) is 0 Å². The third-order valence-electron chi connectivity index (χ3n) is 2.90. The summed E-state index contributed by atoms with van der Waals surface area (Å²) >= 11 is 0. The molecule has 2 N–H and O–H groups in total. The molecule has 1 amide bonds. The number of carbonyl (C=O) groups is 2. The number of amides is 1. The van der Waals surface area contributed by atoms with E-state index in [0.717, 1.165) is 0 Å². The monoisotopic (exact) mass is 273 g/mol. The van der Waals surface area contributed by atoms with Crippen molar-refractivity contribution in [1.29, 1.82) is 0 Å². The first-order chi connectivity index (χ1) is 9.49. The highest BCUT2D eigenvalue weighted by Gasteiger charge is 2.24. The normalized spacial score (nSPS) is 12.3. The summed E-state index contributed by atoms with van der Waals surface area (Å²) in [7, 11) is 0. The van der Waals surface area contributed by atoms with Gasteiger partial charge in [0, 0.05) is 0 Å². The summed E-state index contributed by atoms with van der Waals surface area (Å²) in [4.78, 5) is 31.4. The summed E-state index contributed by atoms with van der Waals surface area (Å²) in [5, 5.41) is 11.5. The summed E-state index contributed by atoms with van der Waals surface area (Å²) in [6.07, 6.45) is 1.34. The number of fused-ring (bicyclic) bond motifs is 1. The number of carboxylic acid groups (broad SMARTS) is 1. The molecule has 0 saturated carbocycles. The average Bonchev–Trinajstić information content (AvgIpc) is 2.43. The topological polar surface area (TPSA) is 92.2 Å². The Kier molecular flexibility index (Phi) is 3.93. The molecule has 20 heavy (non-hydrogen) atoms. The minimum atomic E-state index is -1.07. The molecule has 6 heteroatoms. The summed E-state index contributed by atoms with van der Waals surface area (Å²) in [5.74, 6) is -1.82. The van der Waals surface area contributed by atoms with Crippen molar-refractivity contribution >= 4 is 22.9 Å². The summed E-state index contributed by atoms with van der Waals surface area (Å²) < 4.78 is 0. The maximum atomic E-state index is 12.0. The highest BCUT2D eigenvalue weighted by molar-refractivity contribution is 5.96. The molecule has 1 aromatic carbocycles. The molecule has 0 spiro atoms. The van der Waals surface area contributed by atoms with Gasteiger partial charge in [0.2, 0.25) is 0 Å². The first-order valence-corrected chi connectivity index (χ1v) is 6.24. The largest absolute Gasteiger partial charge is 0.480 e. The van der Waals surface area contributed by atoms with Gasteiger partial charge >= 0.3 is 5.97 Å². The van der Waals surface area contributed by atoms with Gasteiger partial charge in [-0.15, -0.1) is 0 Å². The molecule has 0 bridgehead atoms. The Morgan fingerprint density at radius 3 is 2.45 bits per heavy atom. The molecule has 0 saturated heterocycles. The van der Waals surface area contributed by atoms with Crippen molar-refractivity contribution in [2.75, 3.05) is 0 Å². The summed E-state index contributed by atoms with van der Waals surface area (Å²) in [5.41, 5.74) is 1.38. The second-order valence-corrected chi connectivity index (χ2v) is 4.78. The van der Waals surface area contributed by atoms with Crippen LogP contribution in [0.25, 0.3) is 11.0 Å². The number of aromatic nitrogens is 2. The number of rotatable bonds is 4. The van der Waals surface area contributed by atoms with Crippen LogP contribution in [0.1, 0.15) is 24.3 Å². The molecule has 2 aromatic rings. The van der Waals surface area contributed by atoms with Crippen LogP contribution >= 0.6 is 0 Å². The Hall–Kier alpha value is -2.50. The van der Waals surface area contributed by atoms with Gasteiger partial charge in [0.1, 0.15) is 11.7 Å². The van der Waals surface area contributed by atoms with Gasteiger partial charge in [-0.1, -0.05) is 26.0 Å². The van der Waals surface area contributed by atoms with E-state index >= 15 is 0 Å². The lowest BCUT2D eigenvalue weighted by atomic mass is 10.0. The van der Waals surface area contributed by atoms with E-state index in [-0.39, 0.29) is 11.6 Å². The Morgan fingerprint density at radius 1 is 1.20 bits per heavy atom. The lowest BCUT2D eigenvalue weighted by Crippen LogP contribution is -2.44. The molecule has 1 atom stereocenters. The SMILES string of the molecule is CC(C)[C@@H](NC(=O)c1cnc2ccccc2n1)C(=O)O. The fraction of sp³-hybridized carbons (Fsp3) is 0.286. The first-order valence-electron chi connectivity index (χ1n) is 6.24. The fourth-order valence-electron chi connectivity index (χ4n) is 1.80. The van der Waals surface area contributed by atoms with E-state index in [4.69, 9.17) is 5.11 Å². The minimum absolute atomic E-state index is 0.107. The summed E-state index contributed by atoms with van der Waals surface area (Å²) in [6, 6.07) is 6.22. The maximum absolute atomic E-state index is 12.0. The van der Waals surface area contributed by atoms with Crippen molar-refractivity contribution in [3.05, 3.63) is 36.2 Å². The van der Waals surface area contributed by atoms with Crippen molar-refractivity contribution < 1.29 is 14.7 Å². The van der Waals surface area contributed by atoms with E-state index in [1.165, 1.54) is 6.20 Å². The van der Waals surface area contributed by atoms with Crippen LogP contribution in [0.3, 0.4) is 0 Å². The van der Waals surface area contributed by atoms with E-state index in [1.807, 2.05) is 6.07 Å². The molecule has 0 aliphatic rings. The van der Waals surface area contributed by atoms with Gasteiger partial charge in [0.25, 0.3) is 5.91 Å². The van der Waals surface area contributed by atoms with Gasteiger partial charge in [-0.2, -0.15) is 0 Å². The zero-order valence-corrected chi connectivity index (χ0v) is 11.2. The number of hydrogen-bond acceptors (Lipinski definition) is 4. The first kappa shape index (κ1) is 13.9. The quantitative estimate of drug-likeness (QED) is 0.880. The van der Waals surface area contributed by atoms with Crippen LogP contribution < -0.4 is 5.32 Å². The van der Waals surface area contributed by atoms with E-state index < -0.39 is 17.9 Å². The van der Waals surface area contributed by atoms with Crippen molar-refractivity contribution in [2.45, 2.75) is 19.9 Å². The van der Waals surface area contributed by atoms with E-state index in [1.54, 1.807) is 32.0 Å². The molecular formula is C14H15N3O3. The summed E-state index contributed by atoms with van der Waals surface area (Å²) in [6.45, 7) is 3.45. The number of nitrogens with zero attached hydrogens (tertiary/aromatic N) is 2. The molecule has 104 valence electrons. The van der Waals surface area contributed by atoms with Gasteiger partial charge < -0.3 is 10.4 Å². The van der Waals surface area contributed by atoms with Gasteiger partial charge in [-0.05, 0) is 18.1 Å². The van der Waals surface area contributed by atoms with Gasteiger partial charge in [0.15, 0.2) is 0 Å². The van der Waals surface area contributed by atoms with Gasteiger partial charge in [-0.3, -0.25) is 9.78 Å². The Labute approximate surface area is 115 Å². The Morgan fingerprint density at radius 2 is 1.85 bits per heavy atom. The molecule has 2 rings (SSSR count). The molecular weight excluding hydrogens is 258 g/mol. The van der Waals surface area contributed by atoms with Crippen LogP contribution in [0.2, 0.25) is 0 Å². The number of nitrogens with one attached hydrogen (secondary N) is 1. The molecule has 0 unspecified atom stereocenters. The predicted molar refractivity (Wildman–Crippen MR) is 73.3 cm³/mol. The fourth-order valence-corrected chi connectivity index (χ4v) is 1.80. The van der Waals surface area contributed by atoms with E-state index in [9.17, 15) is 9.59 Å². The molecule has 0 radical (unpaired) electrons. The highest BCUT2D eigenvalue weighted by Crippen LogP contribution is 2.09. The highest BCUT2D eigenvalue weighted by atomic mass is 16.4. The van der Waals surface area contributed by atoms with Gasteiger partial charge in [0.05, 0.1) is 17.2 Å². The number of para-hydroxylation sites is 2. The second kappa shape index (κ2) is 5.64. The number of carboxylic acids is 1. The minimum Gasteiger partial charge on any atom is -0.480 e. The number of aliphatic carboxylic acids is 1. The van der Waals surface area contributed by atoms with Gasteiger partial charge in [-0.25, -0.2) is 9.78 Å². The van der Waals surface area contributed by atoms with Crippen molar-refractivity contribution in [3.63, 3.8) is 0 Å². The van der Waals surface area contributed by atoms with Crippen molar-refractivity contribution in [1.82, 2.24) is 15.3 Å². The molecule has 0 aliphatic heterocycles. The third-order valence-corrected chi connectivity index (χ3v) is 2.90. The van der Waals surface area contributed by atoms with E-state index in [0.29, 0.717) is 11.0 Å². The maximum Gasteiger partial charge on any atom is 0.326 e. The lowest BCUT2D eigenvalue weighted by molar-refractivity contribution is -0.140. The van der Waals surface area contributed by atoms with E-state index in [2.05, 4.69) is 15.3 Å². The zero-order chi connectivity index (χ0) is 14.7. The van der Waals surface area contributed by atoms with Crippen LogP contribution in [0.4, 0.5) is 0 Å². The lowest BCUT2D eigenvalue weighted by Gasteiger charge is -2.17. The zero-order valence-electron chi connectivity index (χ0n) is 11.2. The third kappa shape index (κ3) is 2.90. The standard InChI is InChI=1S/C14H15N3O3/c1-8(2)12(14(19)20)17-13(18)11-7-15-9-5-3-4-6-10(9)16-11/h3-8,12H,1-2H3,(H,17,18)(H,19,20)/t12-/m1/s1. The van der Waals surface area contributed by atoms with Crippen LogP contribution in [0.15, 0.2) is 30.5 Å². The molecule has 1 aromatic heterocycles. The van der Waals surface area contributed by atoms with Crippen molar-refractivity contribution in [3.8, 4) is 0 Å². The molecule has 0 aliphatic carbocycles. The molecule has 6 nitrogen and oxygen atoms in total. The Bertz CT molecular complexity index is 655. The number of carbonyl (C=O) groups excluding carboxylic acids is 1. The average molecular weight is 273 g/mol. The van der Waals surface area contributed by atoms with Crippen LogP contribution in [-0.4, -0.2) is 33.0 Å². The van der Waals surface area contributed by atoms with Crippen molar-refractivity contribution in [2.24, 2.45) is 5.92 Å². The molecule has 0 fully saturated rings. The number of hydrogen-bond donors (Lipinski definition) is 2. The molecule has 1 heterocycles. The smallest absolute Gasteiger partial charge is 0.326 e. The second-order valence-electron chi connectivity index (χ2n) is 4.78. The van der Waals surface area contributed by atoms with Crippen LogP contribution in [-0.2, 0) is 4.79 Å².